The molecule has 0 saturated carbocycles. The number of unbranched alkanes of at least 4 members (excludes halogenated alkanes) is 1. The van der Waals surface area contributed by atoms with Gasteiger partial charge in [-0.2, -0.15) is 5.26 Å². The second-order valence-corrected chi connectivity index (χ2v) is 6.38. The summed E-state index contributed by atoms with van der Waals surface area (Å²) in [5, 5.41) is 8.88. The van der Waals surface area contributed by atoms with Crippen LogP contribution in [0.3, 0.4) is 0 Å². The first-order chi connectivity index (χ1) is 9.61. The van der Waals surface area contributed by atoms with Crippen LogP contribution in [0.4, 0.5) is 0 Å². The molecule has 0 radical (unpaired) electrons. The Labute approximate surface area is 122 Å². The number of rotatable bonds is 6. The summed E-state index contributed by atoms with van der Waals surface area (Å²) in [6.07, 6.45) is 4.26. The Morgan fingerprint density at radius 2 is 2.05 bits per heavy atom. The third-order valence-corrected chi connectivity index (χ3v) is 4.49. The lowest BCUT2D eigenvalue weighted by Gasteiger charge is -2.32. The van der Waals surface area contributed by atoms with Crippen molar-refractivity contribution in [1.82, 2.24) is 9.80 Å². The SMILES string of the molecule is CC(N)(C#N)CCCCN1CCC(N2CCOCC2)C1. The Kier molecular flexibility index (Phi) is 5.79. The molecule has 0 bridgehead atoms. The van der Waals surface area contributed by atoms with Crippen molar-refractivity contribution in [2.75, 3.05) is 45.9 Å². The summed E-state index contributed by atoms with van der Waals surface area (Å²) in [7, 11) is 0. The molecule has 114 valence electrons. The highest BCUT2D eigenvalue weighted by Crippen LogP contribution is 2.18. The number of hydrogen-bond acceptors (Lipinski definition) is 5. The van der Waals surface area contributed by atoms with E-state index in [1.165, 1.54) is 19.5 Å². The zero-order chi connectivity index (χ0) is 14.4. The van der Waals surface area contributed by atoms with Gasteiger partial charge in [0.1, 0.15) is 5.54 Å². The highest BCUT2D eigenvalue weighted by Gasteiger charge is 2.28. The van der Waals surface area contributed by atoms with Gasteiger partial charge in [-0.1, -0.05) is 0 Å². The summed E-state index contributed by atoms with van der Waals surface area (Å²) in [5.41, 5.74) is 5.19. The standard InChI is InChI=1S/C15H28N4O/c1-15(17,13-16)5-2-3-6-18-7-4-14(12-18)19-8-10-20-11-9-19/h14H,2-12,17H2,1H3. The van der Waals surface area contributed by atoms with Crippen molar-refractivity contribution >= 4 is 0 Å². The average Bonchev–Trinajstić information content (AvgIpc) is 2.93. The molecule has 2 N–H and O–H groups in total. The summed E-state index contributed by atoms with van der Waals surface area (Å²) in [6, 6.07) is 2.89. The molecule has 0 amide bonds. The number of nitrogens with zero attached hydrogens (tertiary/aromatic N) is 3. The van der Waals surface area contributed by atoms with E-state index >= 15 is 0 Å². The van der Waals surface area contributed by atoms with Crippen LogP contribution in [0.5, 0.6) is 0 Å². The fourth-order valence-corrected chi connectivity index (χ4v) is 3.14. The number of nitrogens with two attached hydrogens (primary N) is 1. The highest BCUT2D eigenvalue weighted by molar-refractivity contribution is 5.00. The molecule has 2 rings (SSSR count). The molecular weight excluding hydrogens is 252 g/mol. The van der Waals surface area contributed by atoms with E-state index in [4.69, 9.17) is 15.7 Å². The quantitative estimate of drug-likeness (QED) is 0.729. The lowest BCUT2D eigenvalue weighted by Crippen LogP contribution is -2.44. The predicted molar refractivity (Wildman–Crippen MR) is 79.3 cm³/mol. The van der Waals surface area contributed by atoms with Crippen molar-refractivity contribution in [2.45, 2.75) is 44.2 Å². The maximum absolute atomic E-state index is 8.88. The number of likely N-dealkylation sites (tertiary alicyclic amines) is 1. The molecule has 0 aromatic heterocycles. The maximum Gasteiger partial charge on any atom is 0.101 e. The normalized spacial score (nSPS) is 28.1. The van der Waals surface area contributed by atoms with Crippen LogP contribution >= 0.6 is 0 Å². The summed E-state index contributed by atoms with van der Waals surface area (Å²) in [5.74, 6) is 0. The first kappa shape index (κ1) is 15.7. The third-order valence-electron chi connectivity index (χ3n) is 4.49. The molecule has 2 heterocycles. The minimum absolute atomic E-state index is 0.651. The lowest BCUT2D eigenvalue weighted by molar-refractivity contribution is 0.0185. The van der Waals surface area contributed by atoms with E-state index in [1.54, 1.807) is 0 Å². The van der Waals surface area contributed by atoms with Crippen LogP contribution in [0.25, 0.3) is 0 Å². The van der Waals surface area contributed by atoms with Gasteiger partial charge in [0.2, 0.25) is 0 Å². The van der Waals surface area contributed by atoms with Gasteiger partial charge in [-0.25, -0.2) is 0 Å². The zero-order valence-corrected chi connectivity index (χ0v) is 12.7. The Bertz CT molecular complexity index is 333. The average molecular weight is 280 g/mol. The molecule has 2 aliphatic heterocycles. The van der Waals surface area contributed by atoms with Crippen LogP contribution in [0.2, 0.25) is 0 Å². The Morgan fingerprint density at radius 1 is 1.30 bits per heavy atom. The molecule has 2 saturated heterocycles. The largest absolute Gasteiger partial charge is 0.379 e. The van der Waals surface area contributed by atoms with Gasteiger partial charge in [0.15, 0.2) is 0 Å². The van der Waals surface area contributed by atoms with E-state index in [0.717, 1.165) is 58.2 Å². The van der Waals surface area contributed by atoms with E-state index in [-0.39, 0.29) is 0 Å². The minimum atomic E-state index is -0.651. The van der Waals surface area contributed by atoms with E-state index < -0.39 is 5.54 Å². The van der Waals surface area contributed by atoms with Gasteiger partial charge in [0.25, 0.3) is 0 Å². The van der Waals surface area contributed by atoms with Gasteiger partial charge in [-0.05, 0) is 45.7 Å². The second kappa shape index (κ2) is 7.37. The van der Waals surface area contributed by atoms with E-state index in [0.29, 0.717) is 0 Å². The molecule has 2 aliphatic rings. The molecule has 2 fully saturated rings. The van der Waals surface area contributed by atoms with Crippen LogP contribution < -0.4 is 5.73 Å². The summed E-state index contributed by atoms with van der Waals surface area (Å²) in [4.78, 5) is 5.14. The smallest absolute Gasteiger partial charge is 0.101 e. The highest BCUT2D eigenvalue weighted by atomic mass is 16.5. The Hall–Kier alpha value is -0.670. The summed E-state index contributed by atoms with van der Waals surface area (Å²) in [6.45, 7) is 9.32. The summed E-state index contributed by atoms with van der Waals surface area (Å²) < 4.78 is 5.41. The van der Waals surface area contributed by atoms with Crippen LogP contribution in [-0.2, 0) is 4.74 Å². The fraction of sp³-hybridized carbons (Fsp3) is 0.933. The molecular formula is C15H28N4O. The molecule has 2 atom stereocenters. The predicted octanol–water partition coefficient (Wildman–Crippen LogP) is 0.804. The first-order valence-corrected chi connectivity index (χ1v) is 7.85. The lowest BCUT2D eigenvalue weighted by atomic mass is 9.98. The van der Waals surface area contributed by atoms with Crippen molar-refractivity contribution in [2.24, 2.45) is 5.73 Å². The Balaban J connectivity index is 1.60. The molecule has 20 heavy (non-hydrogen) atoms. The molecule has 5 heteroatoms. The molecule has 5 nitrogen and oxygen atoms in total. The maximum atomic E-state index is 8.88. The van der Waals surface area contributed by atoms with Gasteiger partial charge in [0, 0.05) is 25.7 Å². The minimum Gasteiger partial charge on any atom is -0.379 e. The van der Waals surface area contributed by atoms with Crippen LogP contribution in [-0.4, -0.2) is 67.3 Å². The number of nitriles is 1. The second-order valence-electron chi connectivity index (χ2n) is 6.38. The number of ether oxygens (including phenoxy) is 1. The van der Waals surface area contributed by atoms with E-state index in [2.05, 4.69) is 15.9 Å². The number of morpholine rings is 1. The van der Waals surface area contributed by atoms with Crippen LogP contribution in [0.15, 0.2) is 0 Å². The zero-order valence-electron chi connectivity index (χ0n) is 12.7. The topological polar surface area (TPSA) is 65.5 Å². The van der Waals surface area contributed by atoms with Crippen molar-refractivity contribution in [3.05, 3.63) is 0 Å². The van der Waals surface area contributed by atoms with Gasteiger partial charge in [-0.15, -0.1) is 0 Å². The molecule has 0 aliphatic carbocycles. The third kappa shape index (κ3) is 4.71. The van der Waals surface area contributed by atoms with Gasteiger partial charge in [0.05, 0.1) is 19.3 Å². The van der Waals surface area contributed by atoms with E-state index in [1.807, 2.05) is 6.92 Å². The summed E-state index contributed by atoms with van der Waals surface area (Å²) >= 11 is 0. The fourth-order valence-electron chi connectivity index (χ4n) is 3.14. The van der Waals surface area contributed by atoms with Gasteiger partial charge >= 0.3 is 0 Å². The van der Waals surface area contributed by atoms with Crippen molar-refractivity contribution in [1.29, 1.82) is 5.26 Å². The van der Waals surface area contributed by atoms with Crippen molar-refractivity contribution in [3.8, 4) is 6.07 Å². The Morgan fingerprint density at radius 3 is 2.75 bits per heavy atom. The van der Waals surface area contributed by atoms with E-state index in [9.17, 15) is 0 Å². The molecule has 0 aromatic carbocycles. The molecule has 2 unspecified atom stereocenters. The number of hydrogen-bond donors (Lipinski definition) is 1. The molecule has 0 aromatic rings. The van der Waals surface area contributed by atoms with Gasteiger partial charge in [-0.3, -0.25) is 4.90 Å². The van der Waals surface area contributed by atoms with Crippen LogP contribution in [0, 0.1) is 11.3 Å². The van der Waals surface area contributed by atoms with Crippen LogP contribution in [0.1, 0.15) is 32.6 Å². The molecule has 0 spiro atoms. The van der Waals surface area contributed by atoms with Crippen molar-refractivity contribution in [3.63, 3.8) is 0 Å². The first-order valence-electron chi connectivity index (χ1n) is 7.85. The monoisotopic (exact) mass is 280 g/mol. The van der Waals surface area contributed by atoms with Gasteiger partial charge < -0.3 is 15.4 Å². The van der Waals surface area contributed by atoms with Crippen molar-refractivity contribution < 1.29 is 4.74 Å².